The highest BCUT2D eigenvalue weighted by atomic mass is 28.4. The molecular weight excluding hydrogens is 412 g/mol. The van der Waals surface area contributed by atoms with Crippen LogP contribution in [-0.2, 0) is 17.6 Å². The molecule has 0 aliphatic rings. The third kappa shape index (κ3) is 5.13. The van der Waals surface area contributed by atoms with Crippen LogP contribution in [0.5, 0.6) is 5.75 Å². The molecule has 8 heteroatoms. The summed E-state index contributed by atoms with van der Waals surface area (Å²) in [6, 6.07) is 12.0. The Kier molecular flexibility index (Phi) is 6.20. The second-order valence-electron chi connectivity index (χ2n) is 8.88. The Balaban J connectivity index is 1.75. The maximum absolute atomic E-state index is 11.1. The number of carboxylic acids is 1. The maximum atomic E-state index is 11.1. The van der Waals surface area contributed by atoms with Crippen LogP contribution in [0.25, 0.3) is 11.1 Å². The summed E-state index contributed by atoms with van der Waals surface area (Å²) in [5.74, 6) is -0.317. The fourth-order valence-corrected chi connectivity index (χ4v) is 3.62. The van der Waals surface area contributed by atoms with E-state index < -0.39 is 14.3 Å². The molecule has 0 saturated carbocycles. The number of carboxylic acid groups (broad SMARTS) is 1. The number of hydrogen-bond donors (Lipinski definition) is 1. The molecule has 162 valence electrons. The zero-order valence-electron chi connectivity index (χ0n) is 18.4. The van der Waals surface area contributed by atoms with E-state index in [0.29, 0.717) is 34.9 Å². The van der Waals surface area contributed by atoms with Gasteiger partial charge in [0.15, 0.2) is 20.5 Å². The summed E-state index contributed by atoms with van der Waals surface area (Å²) < 4.78 is 17.7. The number of hydrogen-bond acceptors (Lipinski definition) is 6. The molecule has 0 aliphatic carbocycles. The first-order valence-corrected chi connectivity index (χ1v) is 12.8. The number of nitriles is 1. The summed E-state index contributed by atoms with van der Waals surface area (Å²) in [6.07, 6.45) is 0. The van der Waals surface area contributed by atoms with Gasteiger partial charge in [0.1, 0.15) is 17.3 Å². The molecule has 0 radical (unpaired) electrons. The summed E-state index contributed by atoms with van der Waals surface area (Å²) in [6.45, 7) is 11.4. The number of benzene rings is 2. The number of nitrogens with zero attached hydrogens (tertiary/aromatic N) is 2. The van der Waals surface area contributed by atoms with E-state index in [1.165, 1.54) is 12.1 Å². The van der Waals surface area contributed by atoms with Crippen LogP contribution in [0, 0.1) is 11.3 Å². The van der Waals surface area contributed by atoms with Crippen molar-refractivity contribution in [3.05, 3.63) is 59.0 Å². The molecule has 0 unspecified atom stereocenters. The SMILES string of the molecule is CC(C)(C)[Si](C)(C)OCc1ccc(C#N)c(OCc2nc3ccc(C(=O)O)cc3o2)c1. The van der Waals surface area contributed by atoms with Crippen LogP contribution in [0.4, 0.5) is 0 Å². The largest absolute Gasteiger partial charge is 0.482 e. The van der Waals surface area contributed by atoms with Gasteiger partial charge in [-0.15, -0.1) is 0 Å². The van der Waals surface area contributed by atoms with Gasteiger partial charge in [-0.1, -0.05) is 26.8 Å². The van der Waals surface area contributed by atoms with Gasteiger partial charge in [-0.3, -0.25) is 0 Å². The van der Waals surface area contributed by atoms with Gasteiger partial charge in [0.05, 0.1) is 17.7 Å². The first-order valence-electron chi connectivity index (χ1n) is 9.93. The van der Waals surface area contributed by atoms with Crippen molar-refractivity contribution >= 4 is 25.4 Å². The molecule has 1 aromatic heterocycles. The average Bonchev–Trinajstić information content (AvgIpc) is 3.12. The van der Waals surface area contributed by atoms with Gasteiger partial charge >= 0.3 is 5.97 Å². The molecule has 0 amide bonds. The standard InChI is InChI=1S/C23H26N2O5Si/c1-23(2,3)31(4,5)29-13-15-6-7-17(12-24)19(10-15)28-14-21-25-18-9-8-16(22(26)27)11-20(18)30-21/h6-11H,13-14H2,1-5H3,(H,26,27). The van der Waals surface area contributed by atoms with Gasteiger partial charge in [0.2, 0.25) is 5.89 Å². The number of ether oxygens (including phenoxy) is 1. The molecule has 1 N–H and O–H groups in total. The quantitative estimate of drug-likeness (QED) is 0.486. The molecule has 3 rings (SSSR count). The normalized spacial score (nSPS) is 12.0. The molecule has 0 atom stereocenters. The molecule has 31 heavy (non-hydrogen) atoms. The van der Waals surface area contributed by atoms with E-state index in [4.69, 9.17) is 18.7 Å². The predicted molar refractivity (Wildman–Crippen MR) is 118 cm³/mol. The van der Waals surface area contributed by atoms with Crippen molar-refractivity contribution in [1.82, 2.24) is 4.98 Å². The highest BCUT2D eigenvalue weighted by Gasteiger charge is 2.37. The Hall–Kier alpha value is -3.15. The topological polar surface area (TPSA) is 106 Å². The highest BCUT2D eigenvalue weighted by molar-refractivity contribution is 6.74. The minimum atomic E-state index is -1.90. The van der Waals surface area contributed by atoms with Gasteiger partial charge in [0.25, 0.3) is 0 Å². The van der Waals surface area contributed by atoms with Gasteiger partial charge in [-0.25, -0.2) is 9.78 Å². The Bertz CT molecular complexity index is 1150. The van der Waals surface area contributed by atoms with Crippen LogP contribution in [0.15, 0.2) is 40.8 Å². The lowest BCUT2D eigenvalue weighted by molar-refractivity contribution is 0.0697. The number of oxazole rings is 1. The lowest BCUT2D eigenvalue weighted by Gasteiger charge is -2.36. The third-order valence-corrected chi connectivity index (χ3v) is 10.1. The average molecular weight is 439 g/mol. The fraction of sp³-hybridized carbons (Fsp3) is 0.348. The van der Waals surface area contributed by atoms with Crippen LogP contribution in [-0.4, -0.2) is 24.4 Å². The number of aromatic carboxylic acids is 1. The van der Waals surface area contributed by atoms with Crippen molar-refractivity contribution in [3.63, 3.8) is 0 Å². The molecule has 0 bridgehead atoms. The number of fused-ring (bicyclic) bond motifs is 1. The Morgan fingerprint density at radius 2 is 1.94 bits per heavy atom. The summed E-state index contributed by atoms with van der Waals surface area (Å²) in [5, 5.41) is 18.6. The first-order chi connectivity index (χ1) is 14.5. The Labute approximate surface area is 182 Å². The van der Waals surface area contributed by atoms with E-state index in [2.05, 4.69) is 44.9 Å². The van der Waals surface area contributed by atoms with Crippen LogP contribution in [0.1, 0.15) is 48.1 Å². The summed E-state index contributed by atoms with van der Waals surface area (Å²) >= 11 is 0. The smallest absolute Gasteiger partial charge is 0.335 e. The zero-order valence-corrected chi connectivity index (χ0v) is 19.4. The van der Waals surface area contributed by atoms with E-state index >= 15 is 0 Å². The van der Waals surface area contributed by atoms with Gasteiger partial charge < -0.3 is 18.7 Å². The fourth-order valence-electron chi connectivity index (χ4n) is 2.66. The minimum absolute atomic E-state index is 0.0122. The molecule has 2 aromatic carbocycles. The van der Waals surface area contributed by atoms with E-state index in [0.717, 1.165) is 5.56 Å². The van der Waals surface area contributed by atoms with Crippen LogP contribution in [0.3, 0.4) is 0 Å². The molecule has 3 aromatic rings. The van der Waals surface area contributed by atoms with Gasteiger partial charge in [-0.05, 0) is 54.0 Å². The second-order valence-corrected chi connectivity index (χ2v) is 13.7. The van der Waals surface area contributed by atoms with Crippen molar-refractivity contribution in [1.29, 1.82) is 5.26 Å². The molecule has 0 aliphatic heterocycles. The van der Waals surface area contributed by atoms with Gasteiger partial charge in [-0.2, -0.15) is 5.26 Å². The molecule has 0 saturated heterocycles. The summed E-state index contributed by atoms with van der Waals surface area (Å²) in [5.41, 5.74) is 2.36. The maximum Gasteiger partial charge on any atom is 0.335 e. The number of carbonyl (C=O) groups is 1. The molecule has 0 fully saturated rings. The van der Waals surface area contributed by atoms with E-state index in [1.54, 1.807) is 18.2 Å². The van der Waals surface area contributed by atoms with Crippen molar-refractivity contribution in [2.75, 3.05) is 0 Å². The molecule has 7 nitrogen and oxygen atoms in total. The number of rotatable bonds is 7. The van der Waals surface area contributed by atoms with Crippen LogP contribution >= 0.6 is 0 Å². The molecular formula is C23H26N2O5Si. The van der Waals surface area contributed by atoms with Crippen molar-refractivity contribution in [2.24, 2.45) is 0 Å². The lowest BCUT2D eigenvalue weighted by atomic mass is 10.1. The Morgan fingerprint density at radius 3 is 2.58 bits per heavy atom. The van der Waals surface area contributed by atoms with Crippen molar-refractivity contribution < 1.29 is 23.5 Å². The lowest BCUT2D eigenvalue weighted by Crippen LogP contribution is -2.40. The molecule has 0 spiro atoms. The van der Waals surface area contributed by atoms with E-state index in [9.17, 15) is 10.1 Å². The summed E-state index contributed by atoms with van der Waals surface area (Å²) in [4.78, 5) is 15.4. The monoisotopic (exact) mass is 438 g/mol. The van der Waals surface area contributed by atoms with Crippen molar-refractivity contribution in [3.8, 4) is 11.8 Å². The first kappa shape index (κ1) is 22.5. The van der Waals surface area contributed by atoms with Crippen LogP contribution < -0.4 is 4.74 Å². The second kappa shape index (κ2) is 8.53. The predicted octanol–water partition coefficient (Wildman–Crippen LogP) is 5.50. The minimum Gasteiger partial charge on any atom is -0.482 e. The summed E-state index contributed by atoms with van der Waals surface area (Å²) in [7, 11) is -1.90. The van der Waals surface area contributed by atoms with E-state index in [-0.39, 0.29) is 17.2 Å². The molecule has 1 heterocycles. The zero-order chi connectivity index (χ0) is 22.8. The highest BCUT2D eigenvalue weighted by Crippen LogP contribution is 2.37. The third-order valence-electron chi connectivity index (χ3n) is 5.60. The number of aromatic nitrogens is 1. The Morgan fingerprint density at radius 1 is 1.19 bits per heavy atom. The van der Waals surface area contributed by atoms with E-state index in [1.807, 2.05) is 6.07 Å². The van der Waals surface area contributed by atoms with Gasteiger partial charge in [0, 0.05) is 0 Å². The van der Waals surface area contributed by atoms with Crippen molar-refractivity contribution in [2.45, 2.75) is 52.1 Å². The van der Waals surface area contributed by atoms with Crippen LogP contribution in [0.2, 0.25) is 18.1 Å².